The fraction of sp³-hybridized carbons (Fsp3) is 0.170. The number of hydrogen-bond donors (Lipinski definition) is 1. The number of para-hydroxylation sites is 6. The van der Waals surface area contributed by atoms with Crippen molar-refractivity contribution >= 4 is 34.4 Å². The number of aromatic nitrogens is 3. The Morgan fingerprint density at radius 1 is 0.450 bits per heavy atom. The topological polar surface area (TPSA) is 66.5 Å². The van der Waals surface area contributed by atoms with E-state index in [0.29, 0.717) is 5.75 Å². The largest absolute Gasteiger partial charge is 0.453 e. The summed E-state index contributed by atoms with van der Waals surface area (Å²) >= 11 is 0. The van der Waals surface area contributed by atoms with Gasteiger partial charge in [-0.1, -0.05) is 145 Å². The van der Waals surface area contributed by atoms with E-state index in [0.717, 1.165) is 74.0 Å². The molecule has 0 spiro atoms. The normalized spacial score (nSPS) is 13.4. The highest BCUT2D eigenvalue weighted by Crippen LogP contribution is 2.54. The van der Waals surface area contributed by atoms with Crippen molar-refractivity contribution in [3.8, 4) is 23.0 Å². The molecule has 60 heavy (non-hydrogen) atoms. The zero-order chi connectivity index (χ0) is 41.2. The lowest BCUT2D eigenvalue weighted by Gasteiger charge is -2.39. The molecule has 0 unspecified atom stereocenters. The van der Waals surface area contributed by atoms with Crippen molar-refractivity contribution in [3.05, 3.63) is 203 Å². The monoisotopic (exact) mass is 785 g/mol. The number of fused-ring (bicyclic) bond motifs is 4. The van der Waals surface area contributed by atoms with Crippen molar-refractivity contribution in [1.82, 2.24) is 15.2 Å². The number of nitrogens with zero attached hydrogens (tertiary/aromatic N) is 4. The number of hydrogen-bond acceptors (Lipinski definition) is 6. The average molecular weight is 786 g/mol. The van der Waals surface area contributed by atoms with Crippen LogP contribution in [0.2, 0.25) is 0 Å². The molecule has 7 heteroatoms. The first-order chi connectivity index (χ1) is 29.0. The van der Waals surface area contributed by atoms with Gasteiger partial charge in [-0.05, 0) is 99.3 Å². The van der Waals surface area contributed by atoms with Gasteiger partial charge in [-0.15, -0.1) is 0 Å². The summed E-state index contributed by atoms with van der Waals surface area (Å²) in [7, 11) is 0. The van der Waals surface area contributed by atoms with E-state index in [1.54, 1.807) is 6.20 Å². The molecule has 2 aliphatic rings. The molecule has 0 amide bonds. The zero-order valence-electron chi connectivity index (χ0n) is 34.8. The predicted octanol–water partition coefficient (Wildman–Crippen LogP) is 13.9. The molecule has 0 saturated heterocycles. The highest BCUT2D eigenvalue weighted by Gasteiger charge is 2.42. The quantitative estimate of drug-likeness (QED) is 0.169. The Morgan fingerprint density at radius 3 is 1.48 bits per heavy atom. The molecule has 8 aromatic rings. The Kier molecular flexibility index (Phi) is 8.68. The van der Waals surface area contributed by atoms with Gasteiger partial charge in [-0.2, -0.15) is 5.10 Å². The van der Waals surface area contributed by atoms with Crippen LogP contribution in [0.15, 0.2) is 170 Å². The Hall–Kier alpha value is -7.12. The number of nitrogens with one attached hydrogen (secondary N) is 1. The second-order valence-corrected chi connectivity index (χ2v) is 17.7. The molecule has 0 aliphatic carbocycles. The third kappa shape index (κ3) is 6.12. The van der Waals surface area contributed by atoms with Crippen LogP contribution in [0.1, 0.15) is 75.1 Å². The minimum absolute atomic E-state index is 0.109. The molecular formula is C53H47N5O2. The molecular weight excluding hydrogens is 739 g/mol. The van der Waals surface area contributed by atoms with Crippen molar-refractivity contribution < 1.29 is 9.47 Å². The van der Waals surface area contributed by atoms with Gasteiger partial charge in [-0.3, -0.25) is 14.9 Å². The molecule has 6 aromatic carbocycles. The first-order valence-electron chi connectivity index (χ1n) is 20.6. The van der Waals surface area contributed by atoms with Gasteiger partial charge >= 0.3 is 0 Å². The summed E-state index contributed by atoms with van der Waals surface area (Å²) in [6.45, 7) is 13.7. The van der Waals surface area contributed by atoms with Crippen molar-refractivity contribution in [2.75, 3.05) is 9.80 Å². The molecule has 0 fully saturated rings. The number of H-pyrrole nitrogens is 1. The summed E-state index contributed by atoms with van der Waals surface area (Å²) in [5.74, 6) is 4.55. The van der Waals surface area contributed by atoms with Crippen molar-refractivity contribution in [3.63, 3.8) is 0 Å². The van der Waals surface area contributed by atoms with Gasteiger partial charge in [0.2, 0.25) is 0 Å². The Morgan fingerprint density at radius 2 is 0.917 bits per heavy atom. The Balaban J connectivity index is 1.29. The van der Waals surface area contributed by atoms with Gasteiger partial charge in [0.15, 0.2) is 28.8 Å². The average Bonchev–Trinajstić information content (AvgIpc) is 3.73. The van der Waals surface area contributed by atoms with Gasteiger partial charge in [0, 0.05) is 5.69 Å². The molecule has 296 valence electrons. The lowest BCUT2D eigenvalue weighted by atomic mass is 9.65. The van der Waals surface area contributed by atoms with Crippen LogP contribution in [0, 0.1) is 0 Å². The highest BCUT2D eigenvalue weighted by atomic mass is 16.5. The highest BCUT2D eigenvalue weighted by molar-refractivity contribution is 5.86. The fourth-order valence-electron chi connectivity index (χ4n) is 8.71. The maximum Gasteiger partial charge on any atom is 0.190 e. The Labute approximate surface area is 351 Å². The number of aromatic amines is 1. The predicted molar refractivity (Wildman–Crippen MR) is 242 cm³/mol. The first-order valence-corrected chi connectivity index (χ1v) is 20.6. The number of pyridine rings is 1. The van der Waals surface area contributed by atoms with Gasteiger partial charge in [-0.25, -0.2) is 4.98 Å². The van der Waals surface area contributed by atoms with E-state index in [4.69, 9.17) is 14.5 Å². The number of ether oxygens (including phenoxy) is 2. The molecule has 0 bridgehead atoms. The number of benzene rings is 6. The summed E-state index contributed by atoms with van der Waals surface area (Å²) in [6.07, 6.45) is 1.74. The van der Waals surface area contributed by atoms with Gasteiger partial charge < -0.3 is 9.47 Å². The van der Waals surface area contributed by atoms with Gasteiger partial charge in [0.05, 0.1) is 34.4 Å². The third-order valence-electron chi connectivity index (χ3n) is 11.8. The van der Waals surface area contributed by atoms with E-state index in [1.165, 1.54) is 11.1 Å². The van der Waals surface area contributed by atoms with Crippen LogP contribution in [0.4, 0.5) is 34.4 Å². The molecule has 2 aromatic heterocycles. The van der Waals surface area contributed by atoms with E-state index >= 15 is 0 Å². The van der Waals surface area contributed by atoms with E-state index in [2.05, 4.69) is 171 Å². The van der Waals surface area contributed by atoms with Crippen LogP contribution in [-0.4, -0.2) is 15.2 Å². The van der Waals surface area contributed by atoms with Crippen LogP contribution in [-0.2, 0) is 16.2 Å². The lowest BCUT2D eigenvalue weighted by molar-refractivity contribution is 0.476. The van der Waals surface area contributed by atoms with E-state index in [9.17, 15) is 0 Å². The van der Waals surface area contributed by atoms with Crippen molar-refractivity contribution in [2.45, 2.75) is 57.8 Å². The maximum absolute atomic E-state index is 6.45. The van der Waals surface area contributed by atoms with Crippen molar-refractivity contribution in [2.24, 2.45) is 0 Å². The second-order valence-electron chi connectivity index (χ2n) is 17.7. The SMILES string of the molecule is CC(C)(C)c1cccc(C(c2cccc(N3c4ccccc4Oc4cn[nH]c43)c2)(c2cccc(C(C)(C)C)c2)c2cccc(N3c4ccccc4Oc4ccccc43)n2)c1. The summed E-state index contributed by atoms with van der Waals surface area (Å²) in [5, 5.41) is 7.64. The molecule has 0 atom stereocenters. The lowest BCUT2D eigenvalue weighted by Crippen LogP contribution is -2.34. The molecule has 0 saturated carbocycles. The summed E-state index contributed by atoms with van der Waals surface area (Å²) < 4.78 is 12.8. The van der Waals surface area contributed by atoms with E-state index in [-0.39, 0.29) is 10.8 Å². The number of anilines is 6. The van der Waals surface area contributed by atoms with Crippen LogP contribution in [0.5, 0.6) is 23.0 Å². The molecule has 10 rings (SSSR count). The zero-order valence-corrected chi connectivity index (χ0v) is 34.8. The second kappa shape index (κ2) is 14.0. The van der Waals surface area contributed by atoms with Crippen LogP contribution < -0.4 is 19.3 Å². The Bertz CT molecular complexity index is 2800. The summed E-state index contributed by atoms with van der Waals surface area (Å²) in [5.41, 5.74) is 9.30. The first kappa shape index (κ1) is 37.2. The smallest absolute Gasteiger partial charge is 0.190 e. The third-order valence-corrected chi connectivity index (χ3v) is 11.8. The minimum atomic E-state index is -0.900. The van der Waals surface area contributed by atoms with Crippen LogP contribution in [0.25, 0.3) is 0 Å². The van der Waals surface area contributed by atoms with Crippen molar-refractivity contribution in [1.29, 1.82) is 0 Å². The minimum Gasteiger partial charge on any atom is -0.453 e. The molecule has 1 N–H and O–H groups in total. The number of rotatable bonds is 6. The molecule has 7 nitrogen and oxygen atoms in total. The standard InChI is InChI=1S/C53H47N5O2/c1-51(2,3)35-17-13-19-37(31-35)53(38-20-14-18-36(32-38)52(4,5)6,39-21-15-22-40(33-39)57-41-23-7-10-26-44(41)60-47-34-54-56-50(47)57)48-29-16-30-49(55-48)58-42-24-8-11-27-45(42)59-46-28-12-9-25-43(46)58/h7-34H,1-6H3,(H,54,56). The fourth-order valence-corrected chi connectivity index (χ4v) is 8.71. The van der Waals surface area contributed by atoms with Gasteiger partial charge in [0.25, 0.3) is 0 Å². The molecule has 2 aliphatic heterocycles. The van der Waals surface area contributed by atoms with Crippen LogP contribution >= 0.6 is 0 Å². The summed E-state index contributed by atoms with van der Waals surface area (Å²) in [4.78, 5) is 10.2. The summed E-state index contributed by atoms with van der Waals surface area (Å²) in [6, 6.07) is 58.0. The maximum atomic E-state index is 6.45. The molecule has 4 heterocycles. The van der Waals surface area contributed by atoms with Crippen LogP contribution in [0.3, 0.4) is 0 Å². The molecule has 0 radical (unpaired) electrons. The van der Waals surface area contributed by atoms with E-state index < -0.39 is 5.41 Å². The van der Waals surface area contributed by atoms with E-state index in [1.807, 2.05) is 54.6 Å². The van der Waals surface area contributed by atoms with Gasteiger partial charge in [0.1, 0.15) is 5.82 Å².